The molecule has 0 unspecified atom stereocenters. The molecule has 2 aromatic heterocycles. The molecule has 2 amide bonds. The summed E-state index contributed by atoms with van der Waals surface area (Å²) in [6.07, 6.45) is 4.07. The number of piperidine rings is 1. The van der Waals surface area contributed by atoms with Crippen LogP contribution in [0.15, 0.2) is 54.2 Å². The number of primary amides is 1. The molecule has 0 radical (unpaired) electrons. The summed E-state index contributed by atoms with van der Waals surface area (Å²) in [7, 11) is 0. The van der Waals surface area contributed by atoms with Gasteiger partial charge < -0.3 is 20.5 Å². The number of carbonyl (C=O) groups is 2. The van der Waals surface area contributed by atoms with Crippen LogP contribution in [0.3, 0.4) is 0 Å². The van der Waals surface area contributed by atoms with Crippen LogP contribution >= 0.6 is 11.3 Å². The highest BCUT2D eigenvalue weighted by atomic mass is 32.1. The molecule has 1 atom stereocenters. The molecular weight excluding hydrogens is 535 g/mol. The van der Waals surface area contributed by atoms with Gasteiger partial charge in [-0.05, 0) is 57.9 Å². The van der Waals surface area contributed by atoms with Crippen molar-refractivity contribution in [2.24, 2.45) is 5.73 Å². The first-order valence-corrected chi connectivity index (χ1v) is 13.6. The van der Waals surface area contributed by atoms with Gasteiger partial charge in [-0.1, -0.05) is 6.07 Å². The fourth-order valence-electron chi connectivity index (χ4n) is 4.52. The Morgan fingerprint density at radius 3 is 2.70 bits per heavy atom. The predicted octanol–water partition coefficient (Wildman–Crippen LogP) is 5.62. The molecular formula is C28H29FN6O4S. The van der Waals surface area contributed by atoms with E-state index >= 15 is 0 Å². The van der Waals surface area contributed by atoms with Gasteiger partial charge in [-0.3, -0.25) is 9.69 Å². The van der Waals surface area contributed by atoms with Gasteiger partial charge in [-0.15, -0.1) is 11.3 Å². The second-order valence-corrected chi connectivity index (χ2v) is 11.3. The Kier molecular flexibility index (Phi) is 7.28. The van der Waals surface area contributed by atoms with Crippen LogP contribution < -0.4 is 15.8 Å². The van der Waals surface area contributed by atoms with Gasteiger partial charge >= 0.3 is 6.09 Å². The van der Waals surface area contributed by atoms with Crippen LogP contribution in [0.5, 0.6) is 5.75 Å². The van der Waals surface area contributed by atoms with Gasteiger partial charge in [0, 0.05) is 47.9 Å². The average Bonchev–Trinajstić information content (AvgIpc) is 3.42. The van der Waals surface area contributed by atoms with Crippen molar-refractivity contribution in [2.75, 3.05) is 11.9 Å². The van der Waals surface area contributed by atoms with Crippen molar-refractivity contribution in [3.05, 3.63) is 60.0 Å². The first-order valence-electron chi connectivity index (χ1n) is 12.8. The van der Waals surface area contributed by atoms with Crippen LogP contribution in [0, 0.1) is 5.82 Å². The summed E-state index contributed by atoms with van der Waals surface area (Å²) in [5.74, 6) is -0.691. The number of thiazole rings is 1. The van der Waals surface area contributed by atoms with Gasteiger partial charge in [0.2, 0.25) is 5.95 Å². The van der Waals surface area contributed by atoms with Crippen molar-refractivity contribution in [3.8, 4) is 16.3 Å². The topological polar surface area (TPSA) is 133 Å². The number of benzene rings is 2. The Labute approximate surface area is 234 Å². The number of hydrogen-bond acceptors (Lipinski definition) is 9. The molecule has 1 aliphatic rings. The third kappa shape index (κ3) is 5.67. The van der Waals surface area contributed by atoms with Crippen LogP contribution in [-0.2, 0) is 9.53 Å². The van der Waals surface area contributed by atoms with Gasteiger partial charge in [0.05, 0.1) is 11.1 Å². The maximum atomic E-state index is 13.7. The maximum Gasteiger partial charge on any atom is 0.413 e. The summed E-state index contributed by atoms with van der Waals surface area (Å²) in [6, 6.07) is 9.42. The molecule has 3 heterocycles. The lowest BCUT2D eigenvalue weighted by molar-refractivity contribution is -0.157. The van der Waals surface area contributed by atoms with Crippen LogP contribution in [0.25, 0.3) is 21.5 Å². The molecule has 4 aromatic rings. The fourth-order valence-corrected chi connectivity index (χ4v) is 5.18. The zero-order valence-electron chi connectivity index (χ0n) is 22.3. The Morgan fingerprint density at radius 2 is 2.00 bits per heavy atom. The van der Waals surface area contributed by atoms with Crippen molar-refractivity contribution in [1.82, 2.24) is 19.9 Å². The number of rotatable bonds is 6. The van der Waals surface area contributed by atoms with E-state index < -0.39 is 29.1 Å². The van der Waals surface area contributed by atoms with E-state index in [9.17, 15) is 14.0 Å². The Balaban J connectivity index is 1.59. The number of anilines is 2. The Bertz CT molecular complexity index is 1560. The van der Waals surface area contributed by atoms with Crippen LogP contribution in [-0.4, -0.2) is 49.7 Å². The minimum atomic E-state index is -1.78. The molecule has 40 heavy (non-hydrogen) atoms. The molecule has 0 saturated carbocycles. The molecule has 1 aliphatic heterocycles. The van der Waals surface area contributed by atoms with Crippen molar-refractivity contribution < 1.29 is 23.5 Å². The molecule has 2 aromatic carbocycles. The smallest absolute Gasteiger partial charge is 0.413 e. The second-order valence-electron chi connectivity index (χ2n) is 10.4. The van der Waals surface area contributed by atoms with Crippen molar-refractivity contribution >= 4 is 45.9 Å². The number of halogens is 1. The highest BCUT2D eigenvalue weighted by Gasteiger charge is 2.51. The summed E-state index contributed by atoms with van der Waals surface area (Å²) in [5.41, 5.74) is 4.95. The molecule has 10 nitrogen and oxygen atoms in total. The second kappa shape index (κ2) is 10.7. The number of amides is 2. The monoisotopic (exact) mass is 564 g/mol. The summed E-state index contributed by atoms with van der Waals surface area (Å²) in [5, 5.41) is 6.14. The summed E-state index contributed by atoms with van der Waals surface area (Å²) in [6.45, 7) is 5.49. The van der Waals surface area contributed by atoms with E-state index in [4.69, 9.17) is 15.2 Å². The summed E-state index contributed by atoms with van der Waals surface area (Å²) in [4.78, 5) is 41.0. The maximum absolute atomic E-state index is 13.7. The molecule has 12 heteroatoms. The van der Waals surface area contributed by atoms with E-state index in [1.807, 2.05) is 11.4 Å². The number of carbonyl (C=O) groups excluding carboxylic acids is 2. The average molecular weight is 565 g/mol. The van der Waals surface area contributed by atoms with Crippen LogP contribution in [0.1, 0.15) is 40.0 Å². The quantitative estimate of drug-likeness (QED) is 0.308. The van der Waals surface area contributed by atoms with Crippen LogP contribution in [0.2, 0.25) is 0 Å². The van der Waals surface area contributed by atoms with Crippen molar-refractivity contribution in [1.29, 1.82) is 0 Å². The van der Waals surface area contributed by atoms with Gasteiger partial charge in [0.25, 0.3) is 11.6 Å². The fraction of sp³-hybridized carbons (Fsp3) is 0.321. The molecule has 3 N–H and O–H groups in total. The lowest BCUT2D eigenvalue weighted by Crippen LogP contribution is -2.65. The molecule has 208 valence electrons. The van der Waals surface area contributed by atoms with Gasteiger partial charge in [0.15, 0.2) is 0 Å². The number of fused-ring (bicyclic) bond motifs is 1. The number of ether oxygens (including phenoxy) is 2. The van der Waals surface area contributed by atoms with E-state index in [2.05, 4.69) is 20.3 Å². The Morgan fingerprint density at radius 1 is 1.18 bits per heavy atom. The SMILES string of the molecule is CC(C)(C)OC(=O)N1CCCC[C@@]1(Oc1cc2nc(Nc3cccc(F)c3)ncc2cc1-c1nccs1)C(N)=O. The normalized spacial score (nSPS) is 17.4. The van der Waals surface area contributed by atoms with E-state index in [1.165, 1.54) is 28.4 Å². The number of aromatic nitrogens is 3. The molecule has 1 saturated heterocycles. The highest BCUT2D eigenvalue weighted by Crippen LogP contribution is 2.40. The Hall–Kier alpha value is -4.32. The third-order valence-corrected chi connectivity index (χ3v) is 7.09. The number of hydrogen-bond donors (Lipinski definition) is 2. The lowest BCUT2D eigenvalue weighted by atomic mass is 9.97. The zero-order chi connectivity index (χ0) is 28.5. The van der Waals surface area contributed by atoms with Crippen molar-refractivity contribution in [2.45, 2.75) is 51.4 Å². The summed E-state index contributed by atoms with van der Waals surface area (Å²) >= 11 is 1.39. The standard InChI is InChI=1S/C28H29FN6O4S/c1-27(2,3)39-26(37)35-11-5-4-9-28(35,24(30)36)38-22-15-21-17(13-20(22)23-31-10-12-40-23)16-32-25(34-21)33-19-8-6-7-18(29)14-19/h6-8,10,12-16H,4-5,9,11H2,1-3H3,(H2,30,36)(H,32,33,34)/t28-/m1/s1. The van der Waals surface area contributed by atoms with Gasteiger partial charge in [-0.2, -0.15) is 0 Å². The molecule has 0 aliphatic carbocycles. The lowest BCUT2D eigenvalue weighted by Gasteiger charge is -2.44. The van der Waals surface area contributed by atoms with E-state index in [0.717, 1.165) is 0 Å². The highest BCUT2D eigenvalue weighted by molar-refractivity contribution is 7.13. The zero-order valence-corrected chi connectivity index (χ0v) is 23.1. The molecule has 0 bridgehead atoms. The largest absolute Gasteiger partial charge is 0.457 e. The third-order valence-electron chi connectivity index (χ3n) is 6.29. The molecule has 0 spiro atoms. The molecule has 1 fully saturated rings. The first-order chi connectivity index (χ1) is 19.0. The van der Waals surface area contributed by atoms with Crippen LogP contribution in [0.4, 0.5) is 20.8 Å². The minimum Gasteiger partial charge on any atom is -0.457 e. The predicted molar refractivity (Wildman–Crippen MR) is 150 cm³/mol. The van der Waals surface area contributed by atoms with E-state index in [-0.39, 0.29) is 24.7 Å². The number of nitrogens with zero attached hydrogens (tertiary/aromatic N) is 4. The summed E-state index contributed by atoms with van der Waals surface area (Å²) < 4.78 is 25.8. The number of nitrogens with one attached hydrogen (secondary N) is 1. The number of likely N-dealkylation sites (tertiary alicyclic amines) is 1. The van der Waals surface area contributed by atoms with Gasteiger partial charge in [-0.25, -0.2) is 24.1 Å². The van der Waals surface area contributed by atoms with E-state index in [0.29, 0.717) is 40.0 Å². The molecule has 5 rings (SSSR count). The number of nitrogens with two attached hydrogens (primary N) is 1. The van der Waals surface area contributed by atoms with Crippen molar-refractivity contribution in [3.63, 3.8) is 0 Å². The van der Waals surface area contributed by atoms with E-state index in [1.54, 1.807) is 51.4 Å². The minimum absolute atomic E-state index is 0.188. The van der Waals surface area contributed by atoms with Gasteiger partial charge in [0.1, 0.15) is 22.2 Å². The first kappa shape index (κ1) is 27.3.